The molecule has 5 heteroatoms. The van der Waals surface area contributed by atoms with E-state index in [9.17, 15) is 4.79 Å². The molecule has 148 valence electrons. The molecule has 0 unspecified atom stereocenters. The van der Waals surface area contributed by atoms with E-state index in [1.807, 2.05) is 23.1 Å². The summed E-state index contributed by atoms with van der Waals surface area (Å²) < 4.78 is 10.7. The number of nitrogens with zero attached hydrogens (tertiary/aromatic N) is 2. The van der Waals surface area contributed by atoms with Gasteiger partial charge in [0.1, 0.15) is 11.5 Å². The molecule has 28 heavy (non-hydrogen) atoms. The number of rotatable bonds is 6. The van der Waals surface area contributed by atoms with Crippen molar-refractivity contribution in [3.05, 3.63) is 59.2 Å². The van der Waals surface area contributed by atoms with Crippen LogP contribution in [0.5, 0.6) is 11.5 Å². The fourth-order valence-corrected chi connectivity index (χ4v) is 4.18. The van der Waals surface area contributed by atoms with Gasteiger partial charge >= 0.3 is 0 Å². The Morgan fingerprint density at radius 1 is 1.07 bits per heavy atom. The molecule has 0 N–H and O–H groups in total. The van der Waals surface area contributed by atoms with Gasteiger partial charge in [0.05, 0.1) is 14.2 Å². The van der Waals surface area contributed by atoms with Gasteiger partial charge in [0.15, 0.2) is 0 Å². The number of methoxy groups -OCH3 is 2. The molecule has 0 bridgehead atoms. The Balaban J connectivity index is 1.27. The number of fused-ring (bicyclic) bond motifs is 1. The second-order valence-corrected chi connectivity index (χ2v) is 7.62. The summed E-state index contributed by atoms with van der Waals surface area (Å²) in [5.74, 6) is 1.77. The molecule has 1 amide bonds. The van der Waals surface area contributed by atoms with E-state index >= 15 is 0 Å². The van der Waals surface area contributed by atoms with Crippen molar-refractivity contribution in [3.8, 4) is 11.5 Å². The molecule has 2 aromatic carbocycles. The summed E-state index contributed by atoms with van der Waals surface area (Å²) in [4.78, 5) is 17.1. The van der Waals surface area contributed by atoms with Crippen LogP contribution >= 0.6 is 0 Å². The zero-order chi connectivity index (χ0) is 19.5. The molecule has 0 radical (unpaired) electrons. The van der Waals surface area contributed by atoms with Crippen LogP contribution in [-0.2, 0) is 24.2 Å². The third-order valence-electron chi connectivity index (χ3n) is 5.99. The Morgan fingerprint density at radius 3 is 2.61 bits per heavy atom. The molecular weight excluding hydrogens is 352 g/mol. The van der Waals surface area contributed by atoms with E-state index in [0.29, 0.717) is 18.9 Å². The predicted molar refractivity (Wildman–Crippen MR) is 109 cm³/mol. The van der Waals surface area contributed by atoms with Crippen molar-refractivity contribution in [2.75, 3.05) is 33.9 Å². The van der Waals surface area contributed by atoms with E-state index in [1.165, 1.54) is 11.1 Å². The van der Waals surface area contributed by atoms with Gasteiger partial charge in [-0.15, -0.1) is 0 Å². The van der Waals surface area contributed by atoms with Crippen LogP contribution in [0.2, 0.25) is 0 Å². The third-order valence-corrected chi connectivity index (χ3v) is 5.99. The first-order valence-electron chi connectivity index (χ1n) is 9.97. The maximum atomic E-state index is 12.6. The molecule has 2 aromatic rings. The molecule has 1 fully saturated rings. The molecule has 0 aromatic heterocycles. The highest BCUT2D eigenvalue weighted by Gasteiger charge is 2.35. The highest BCUT2D eigenvalue weighted by Crippen LogP contribution is 2.27. The van der Waals surface area contributed by atoms with Gasteiger partial charge in [-0.05, 0) is 35.6 Å². The number of ether oxygens (including phenoxy) is 2. The number of carbonyl (C=O) groups is 1. The van der Waals surface area contributed by atoms with E-state index in [4.69, 9.17) is 9.47 Å². The first-order valence-corrected chi connectivity index (χ1v) is 9.97. The average Bonchev–Trinajstić information content (AvgIpc) is 2.71. The van der Waals surface area contributed by atoms with Crippen LogP contribution in [-0.4, -0.2) is 55.6 Å². The van der Waals surface area contributed by atoms with Gasteiger partial charge in [-0.3, -0.25) is 9.69 Å². The van der Waals surface area contributed by atoms with Gasteiger partial charge in [-0.2, -0.15) is 0 Å². The Labute approximate surface area is 166 Å². The van der Waals surface area contributed by atoms with Crippen molar-refractivity contribution in [3.63, 3.8) is 0 Å². The maximum Gasteiger partial charge on any atom is 0.223 e. The third kappa shape index (κ3) is 3.85. The molecule has 0 atom stereocenters. The van der Waals surface area contributed by atoms with Crippen molar-refractivity contribution in [2.45, 2.75) is 31.8 Å². The standard InChI is InChI=1S/C23H28N2O3/c1-27-21-9-7-18(22(13-21)28-2)8-10-23(26)25-15-20(16-25)24-12-11-17-5-3-4-6-19(17)14-24/h3-7,9,13,20H,8,10-12,14-16H2,1-2H3. The lowest BCUT2D eigenvalue weighted by Gasteiger charge is -2.47. The smallest absolute Gasteiger partial charge is 0.223 e. The van der Waals surface area contributed by atoms with E-state index in [1.54, 1.807) is 14.2 Å². The Hall–Kier alpha value is -2.53. The SMILES string of the molecule is COc1ccc(CCC(=O)N2CC(N3CCc4ccccc4C3)C2)c(OC)c1. The Bertz CT molecular complexity index is 845. The number of aryl methyl sites for hydroxylation is 1. The van der Waals surface area contributed by atoms with Crippen LogP contribution in [0.4, 0.5) is 0 Å². The number of carbonyl (C=O) groups excluding carboxylic acids is 1. The van der Waals surface area contributed by atoms with Crippen LogP contribution in [0, 0.1) is 0 Å². The summed E-state index contributed by atoms with van der Waals surface area (Å²) >= 11 is 0. The van der Waals surface area contributed by atoms with Gasteiger partial charge in [0, 0.05) is 44.7 Å². The number of amides is 1. The van der Waals surface area contributed by atoms with E-state index in [-0.39, 0.29) is 5.91 Å². The van der Waals surface area contributed by atoms with Crippen LogP contribution < -0.4 is 9.47 Å². The fraction of sp³-hybridized carbons (Fsp3) is 0.435. The Morgan fingerprint density at radius 2 is 1.86 bits per heavy atom. The summed E-state index contributed by atoms with van der Waals surface area (Å²) in [6, 6.07) is 15.0. The average molecular weight is 380 g/mol. The lowest BCUT2D eigenvalue weighted by Crippen LogP contribution is -2.61. The van der Waals surface area contributed by atoms with Gasteiger partial charge in [-0.25, -0.2) is 0 Å². The molecule has 0 saturated carbocycles. The molecule has 4 rings (SSSR count). The molecule has 0 spiro atoms. The normalized spacial score (nSPS) is 17.0. The topological polar surface area (TPSA) is 42.0 Å². The first-order chi connectivity index (χ1) is 13.7. The van der Waals surface area contributed by atoms with Crippen LogP contribution in [0.3, 0.4) is 0 Å². The minimum absolute atomic E-state index is 0.228. The first kappa shape index (κ1) is 18.8. The van der Waals surface area contributed by atoms with Crippen LogP contribution in [0.15, 0.2) is 42.5 Å². The number of hydrogen-bond donors (Lipinski definition) is 0. The second kappa shape index (κ2) is 8.23. The number of likely N-dealkylation sites (tertiary alicyclic amines) is 1. The van der Waals surface area contributed by atoms with E-state index in [0.717, 1.165) is 49.7 Å². The van der Waals surface area contributed by atoms with Crippen molar-refractivity contribution in [1.29, 1.82) is 0 Å². The van der Waals surface area contributed by atoms with Crippen molar-refractivity contribution < 1.29 is 14.3 Å². The summed E-state index contributed by atoms with van der Waals surface area (Å²) in [6.07, 6.45) is 2.31. The van der Waals surface area contributed by atoms with Gasteiger partial charge in [0.2, 0.25) is 5.91 Å². The largest absolute Gasteiger partial charge is 0.497 e. The minimum Gasteiger partial charge on any atom is -0.497 e. The summed E-state index contributed by atoms with van der Waals surface area (Å²) in [5.41, 5.74) is 3.95. The second-order valence-electron chi connectivity index (χ2n) is 7.62. The molecule has 2 aliphatic rings. The fourth-order valence-electron chi connectivity index (χ4n) is 4.18. The zero-order valence-corrected chi connectivity index (χ0v) is 16.7. The highest BCUT2D eigenvalue weighted by molar-refractivity contribution is 5.77. The lowest BCUT2D eigenvalue weighted by molar-refractivity contribution is -0.138. The maximum absolute atomic E-state index is 12.6. The van der Waals surface area contributed by atoms with Crippen molar-refractivity contribution in [1.82, 2.24) is 9.80 Å². The molecular formula is C23H28N2O3. The highest BCUT2D eigenvalue weighted by atomic mass is 16.5. The van der Waals surface area contributed by atoms with Crippen LogP contribution in [0.1, 0.15) is 23.1 Å². The zero-order valence-electron chi connectivity index (χ0n) is 16.7. The van der Waals surface area contributed by atoms with Gasteiger partial charge < -0.3 is 14.4 Å². The lowest BCUT2D eigenvalue weighted by atomic mass is 9.96. The van der Waals surface area contributed by atoms with Gasteiger partial charge in [-0.1, -0.05) is 30.3 Å². The Kier molecular flexibility index (Phi) is 5.53. The molecule has 0 aliphatic carbocycles. The van der Waals surface area contributed by atoms with Crippen molar-refractivity contribution in [2.24, 2.45) is 0 Å². The monoisotopic (exact) mass is 380 g/mol. The summed E-state index contributed by atoms with van der Waals surface area (Å²) in [7, 11) is 3.29. The minimum atomic E-state index is 0.228. The molecule has 2 aliphatic heterocycles. The quantitative estimate of drug-likeness (QED) is 0.773. The van der Waals surface area contributed by atoms with Crippen molar-refractivity contribution >= 4 is 5.91 Å². The summed E-state index contributed by atoms with van der Waals surface area (Å²) in [5, 5.41) is 0. The predicted octanol–water partition coefficient (Wildman–Crippen LogP) is 2.91. The summed E-state index contributed by atoms with van der Waals surface area (Å²) in [6.45, 7) is 3.79. The molecule has 5 nitrogen and oxygen atoms in total. The molecule has 2 heterocycles. The molecule has 1 saturated heterocycles. The van der Waals surface area contributed by atoms with E-state index < -0.39 is 0 Å². The number of hydrogen-bond acceptors (Lipinski definition) is 4. The van der Waals surface area contributed by atoms with Gasteiger partial charge in [0.25, 0.3) is 0 Å². The van der Waals surface area contributed by atoms with Crippen LogP contribution in [0.25, 0.3) is 0 Å². The van der Waals surface area contributed by atoms with E-state index in [2.05, 4.69) is 29.2 Å². The number of benzene rings is 2.